The van der Waals surface area contributed by atoms with Gasteiger partial charge in [-0.15, -0.1) is 11.3 Å². The first-order valence-electron chi connectivity index (χ1n) is 10.3. The van der Waals surface area contributed by atoms with Crippen LogP contribution in [-0.4, -0.2) is 19.6 Å². The third-order valence-electron chi connectivity index (χ3n) is 5.65. The second-order valence-electron chi connectivity index (χ2n) is 7.78. The number of aromatic nitrogens is 4. The van der Waals surface area contributed by atoms with Gasteiger partial charge in [0, 0.05) is 21.7 Å². The lowest BCUT2D eigenvalue weighted by Gasteiger charge is -2.14. The first kappa shape index (κ1) is 19.8. The summed E-state index contributed by atoms with van der Waals surface area (Å²) < 4.78 is 2.07. The van der Waals surface area contributed by atoms with E-state index in [9.17, 15) is 0 Å². The largest absolute Gasteiger partial charge is 0.252 e. The van der Waals surface area contributed by atoms with Gasteiger partial charge < -0.3 is 0 Å². The average molecular weight is 405 g/mol. The fourth-order valence-corrected chi connectivity index (χ4v) is 5.13. The standard InChI is InChI=1S/C24H28N4S/c1-7-18(8-2)20-12-15(4)27-28-23(16(5)26-24(20)28)19-13-22(29-17(19)6)21-11-9-10-14(3)25-21/h9-13,18H,7-8H2,1-6H3. The van der Waals surface area contributed by atoms with E-state index in [4.69, 9.17) is 15.1 Å². The van der Waals surface area contributed by atoms with Crippen LogP contribution < -0.4 is 0 Å². The van der Waals surface area contributed by atoms with Crippen molar-refractivity contribution in [3.63, 3.8) is 0 Å². The molecule has 0 aliphatic rings. The third-order valence-corrected chi connectivity index (χ3v) is 6.72. The number of pyridine rings is 1. The molecule has 0 spiro atoms. The normalized spacial score (nSPS) is 11.7. The first-order chi connectivity index (χ1) is 13.9. The van der Waals surface area contributed by atoms with E-state index in [0.29, 0.717) is 5.92 Å². The Kier molecular flexibility index (Phi) is 5.26. The molecule has 0 N–H and O–H groups in total. The SMILES string of the molecule is CCC(CC)c1cc(C)nn2c(-c3cc(-c4cccc(C)n4)sc3C)c(C)nc12. The zero-order valence-electron chi connectivity index (χ0n) is 18.1. The fourth-order valence-electron chi connectivity index (χ4n) is 4.14. The van der Waals surface area contributed by atoms with Crippen LogP contribution >= 0.6 is 11.3 Å². The van der Waals surface area contributed by atoms with Crippen LogP contribution in [0.15, 0.2) is 30.3 Å². The van der Waals surface area contributed by atoms with E-state index < -0.39 is 0 Å². The summed E-state index contributed by atoms with van der Waals surface area (Å²) in [5, 5.41) is 4.86. The summed E-state index contributed by atoms with van der Waals surface area (Å²) in [5.41, 5.74) is 8.73. The van der Waals surface area contributed by atoms with Crippen molar-refractivity contribution in [2.24, 2.45) is 0 Å². The van der Waals surface area contributed by atoms with Gasteiger partial charge in [0.1, 0.15) is 0 Å². The van der Waals surface area contributed by atoms with E-state index in [1.165, 1.54) is 20.9 Å². The molecule has 4 heterocycles. The Hall–Kier alpha value is -2.53. The lowest BCUT2D eigenvalue weighted by Crippen LogP contribution is -2.05. The zero-order valence-corrected chi connectivity index (χ0v) is 18.9. The molecule has 4 nitrogen and oxygen atoms in total. The Balaban J connectivity index is 1.92. The molecular weight excluding hydrogens is 376 g/mol. The maximum absolute atomic E-state index is 4.97. The van der Waals surface area contributed by atoms with Crippen molar-refractivity contribution < 1.29 is 0 Å². The van der Waals surface area contributed by atoms with Crippen molar-refractivity contribution in [3.8, 4) is 21.8 Å². The van der Waals surface area contributed by atoms with Crippen LogP contribution in [0.1, 0.15) is 60.1 Å². The summed E-state index contributed by atoms with van der Waals surface area (Å²) >= 11 is 1.78. The van der Waals surface area contributed by atoms with Gasteiger partial charge in [-0.1, -0.05) is 19.9 Å². The molecule has 4 aromatic rings. The molecular formula is C24H28N4S. The van der Waals surface area contributed by atoms with Crippen LogP contribution in [0.5, 0.6) is 0 Å². The number of aryl methyl sites for hydroxylation is 4. The number of nitrogens with zero attached hydrogens (tertiary/aromatic N) is 4. The summed E-state index contributed by atoms with van der Waals surface area (Å²) in [5.74, 6) is 0.504. The number of rotatable bonds is 5. The van der Waals surface area contributed by atoms with Crippen molar-refractivity contribution in [2.45, 2.75) is 60.3 Å². The van der Waals surface area contributed by atoms with E-state index in [1.54, 1.807) is 11.3 Å². The first-order valence-corrected chi connectivity index (χ1v) is 11.2. The lowest BCUT2D eigenvalue weighted by atomic mass is 9.95. The van der Waals surface area contributed by atoms with Crippen LogP contribution in [0, 0.1) is 27.7 Å². The maximum atomic E-state index is 4.97. The number of fused-ring (bicyclic) bond motifs is 1. The van der Waals surface area contributed by atoms with Crippen LogP contribution in [0.4, 0.5) is 0 Å². The quantitative estimate of drug-likeness (QED) is 0.374. The molecule has 150 valence electrons. The van der Waals surface area contributed by atoms with Crippen LogP contribution in [-0.2, 0) is 0 Å². The molecule has 5 heteroatoms. The fraction of sp³-hybridized carbons (Fsp3) is 0.375. The highest BCUT2D eigenvalue weighted by atomic mass is 32.1. The van der Waals surface area contributed by atoms with Crippen molar-refractivity contribution >= 4 is 17.0 Å². The molecule has 0 aliphatic carbocycles. The van der Waals surface area contributed by atoms with E-state index >= 15 is 0 Å². The van der Waals surface area contributed by atoms with Crippen molar-refractivity contribution in [2.75, 3.05) is 0 Å². The van der Waals surface area contributed by atoms with Crippen LogP contribution in [0.2, 0.25) is 0 Å². The molecule has 4 aromatic heterocycles. The molecule has 0 unspecified atom stereocenters. The predicted octanol–water partition coefficient (Wildman–Crippen LogP) is 6.66. The zero-order chi connectivity index (χ0) is 20.7. The summed E-state index contributed by atoms with van der Waals surface area (Å²) in [6.45, 7) is 12.9. The average Bonchev–Trinajstić information content (AvgIpc) is 3.21. The Morgan fingerprint density at radius 2 is 1.72 bits per heavy atom. The van der Waals surface area contributed by atoms with Gasteiger partial charge in [-0.3, -0.25) is 4.98 Å². The topological polar surface area (TPSA) is 43.1 Å². The second kappa shape index (κ2) is 7.71. The minimum absolute atomic E-state index is 0.504. The summed E-state index contributed by atoms with van der Waals surface area (Å²) in [6, 6.07) is 10.6. The van der Waals surface area contributed by atoms with Gasteiger partial charge in [0.25, 0.3) is 0 Å². The predicted molar refractivity (Wildman–Crippen MR) is 122 cm³/mol. The highest BCUT2D eigenvalue weighted by molar-refractivity contribution is 7.15. The highest BCUT2D eigenvalue weighted by Gasteiger charge is 2.22. The molecule has 0 radical (unpaired) electrons. The van der Waals surface area contributed by atoms with E-state index in [2.05, 4.69) is 63.4 Å². The van der Waals surface area contributed by atoms with Gasteiger partial charge in [-0.05, 0) is 70.7 Å². The Bertz CT molecular complexity index is 1180. The van der Waals surface area contributed by atoms with Gasteiger partial charge >= 0.3 is 0 Å². The molecule has 4 rings (SSSR count). The number of imidazole rings is 1. The molecule has 0 saturated heterocycles. The maximum Gasteiger partial charge on any atom is 0.157 e. The monoisotopic (exact) mass is 404 g/mol. The van der Waals surface area contributed by atoms with Gasteiger partial charge in [0.05, 0.1) is 27.7 Å². The molecule has 29 heavy (non-hydrogen) atoms. The number of thiophene rings is 1. The minimum Gasteiger partial charge on any atom is -0.252 e. The molecule has 0 aliphatic heterocycles. The smallest absolute Gasteiger partial charge is 0.157 e. The molecule has 0 aromatic carbocycles. The van der Waals surface area contributed by atoms with Gasteiger partial charge in [0.2, 0.25) is 0 Å². The van der Waals surface area contributed by atoms with Gasteiger partial charge in [0.15, 0.2) is 5.65 Å². The summed E-state index contributed by atoms with van der Waals surface area (Å²) in [6.07, 6.45) is 2.22. The number of hydrogen-bond donors (Lipinski definition) is 0. The lowest BCUT2D eigenvalue weighted by molar-refractivity contribution is 0.638. The third kappa shape index (κ3) is 3.48. The van der Waals surface area contributed by atoms with Crippen LogP contribution in [0.3, 0.4) is 0 Å². The van der Waals surface area contributed by atoms with Crippen LogP contribution in [0.25, 0.3) is 27.5 Å². The Morgan fingerprint density at radius 3 is 2.41 bits per heavy atom. The molecule has 0 saturated carbocycles. The van der Waals surface area contributed by atoms with Crippen molar-refractivity contribution in [1.82, 2.24) is 19.6 Å². The van der Waals surface area contributed by atoms with E-state index in [0.717, 1.165) is 47.0 Å². The molecule has 0 fully saturated rings. The second-order valence-corrected chi connectivity index (χ2v) is 9.04. The molecule has 0 atom stereocenters. The van der Waals surface area contributed by atoms with E-state index in [1.807, 2.05) is 13.0 Å². The summed E-state index contributed by atoms with van der Waals surface area (Å²) in [7, 11) is 0. The molecule has 0 amide bonds. The summed E-state index contributed by atoms with van der Waals surface area (Å²) in [4.78, 5) is 12.1. The number of hydrogen-bond acceptors (Lipinski definition) is 4. The highest BCUT2D eigenvalue weighted by Crippen LogP contribution is 2.38. The van der Waals surface area contributed by atoms with Gasteiger partial charge in [-0.25, -0.2) is 9.50 Å². The van der Waals surface area contributed by atoms with Crippen molar-refractivity contribution in [3.05, 3.63) is 57.9 Å². The molecule has 0 bridgehead atoms. The Morgan fingerprint density at radius 1 is 0.966 bits per heavy atom. The van der Waals surface area contributed by atoms with E-state index in [-0.39, 0.29) is 0 Å². The Labute approximate surface area is 176 Å². The minimum atomic E-state index is 0.504. The van der Waals surface area contributed by atoms with Gasteiger partial charge in [-0.2, -0.15) is 5.10 Å². The van der Waals surface area contributed by atoms with Crippen molar-refractivity contribution in [1.29, 1.82) is 0 Å².